The van der Waals surface area contributed by atoms with E-state index in [1.54, 1.807) is 24.3 Å². The largest absolute Gasteiger partial charge is 0.324 e. The minimum Gasteiger partial charge on any atom is -0.324 e. The summed E-state index contributed by atoms with van der Waals surface area (Å²) in [5.41, 5.74) is 2.56. The molecular formula is C24H19N3O5. The molecule has 1 aliphatic heterocycles. The molecule has 32 heavy (non-hydrogen) atoms. The Bertz CT molecular complexity index is 1180. The van der Waals surface area contributed by atoms with Crippen molar-refractivity contribution in [1.82, 2.24) is 4.90 Å². The van der Waals surface area contributed by atoms with Crippen LogP contribution in [0.15, 0.2) is 72.8 Å². The first-order chi connectivity index (χ1) is 15.3. The third-order valence-electron chi connectivity index (χ3n) is 5.34. The topological polar surface area (TPSA) is 110 Å². The Morgan fingerprint density at radius 3 is 2.03 bits per heavy atom. The van der Waals surface area contributed by atoms with Gasteiger partial charge in [-0.25, -0.2) is 0 Å². The van der Waals surface area contributed by atoms with Crippen LogP contribution in [0, 0.1) is 17.0 Å². The number of amides is 3. The van der Waals surface area contributed by atoms with Gasteiger partial charge in [-0.1, -0.05) is 42.0 Å². The number of non-ortho nitro benzene ring substituents is 1. The molecular weight excluding hydrogens is 410 g/mol. The maximum absolute atomic E-state index is 13.2. The standard InChI is InChI=1S/C24H19N3O5/c1-15-6-8-16(9-7-15)14-21(22(28)25-17-10-12-18(13-11-17)27(31)32)26-23(29)19-4-2-3-5-20(19)24(26)30/h2-13,21H,14H2,1H3,(H,25,28). The predicted molar refractivity (Wildman–Crippen MR) is 117 cm³/mol. The molecule has 1 heterocycles. The Kier molecular flexibility index (Phi) is 5.51. The fourth-order valence-corrected chi connectivity index (χ4v) is 3.63. The van der Waals surface area contributed by atoms with Gasteiger partial charge < -0.3 is 5.32 Å². The van der Waals surface area contributed by atoms with Crippen LogP contribution in [0.1, 0.15) is 31.8 Å². The lowest BCUT2D eigenvalue weighted by atomic mass is 10.0. The number of benzene rings is 3. The lowest BCUT2D eigenvalue weighted by molar-refractivity contribution is -0.384. The molecule has 0 aromatic heterocycles. The van der Waals surface area contributed by atoms with E-state index >= 15 is 0 Å². The van der Waals surface area contributed by atoms with Gasteiger partial charge in [0.05, 0.1) is 16.1 Å². The van der Waals surface area contributed by atoms with E-state index in [-0.39, 0.29) is 23.2 Å². The molecule has 8 heteroatoms. The Labute approximate surface area is 183 Å². The molecule has 3 amide bonds. The van der Waals surface area contributed by atoms with Crippen LogP contribution in [0.2, 0.25) is 0 Å². The number of nitro groups is 1. The Morgan fingerprint density at radius 1 is 0.938 bits per heavy atom. The molecule has 3 aromatic rings. The zero-order valence-electron chi connectivity index (χ0n) is 17.1. The SMILES string of the molecule is Cc1ccc(CC(C(=O)Nc2ccc([N+](=O)[O-])cc2)N2C(=O)c3ccccc3C2=O)cc1. The Balaban J connectivity index is 1.65. The number of carbonyl (C=O) groups is 3. The second kappa shape index (κ2) is 8.43. The van der Waals surface area contributed by atoms with E-state index in [2.05, 4.69) is 5.32 Å². The molecule has 0 bridgehead atoms. The monoisotopic (exact) mass is 429 g/mol. The molecule has 0 spiro atoms. The normalized spacial score (nSPS) is 13.6. The number of rotatable bonds is 6. The summed E-state index contributed by atoms with van der Waals surface area (Å²) in [7, 11) is 0. The summed E-state index contributed by atoms with van der Waals surface area (Å²) < 4.78 is 0. The first-order valence-corrected chi connectivity index (χ1v) is 9.93. The van der Waals surface area contributed by atoms with Gasteiger partial charge >= 0.3 is 0 Å². The van der Waals surface area contributed by atoms with Gasteiger partial charge in [-0.3, -0.25) is 29.4 Å². The molecule has 3 aromatic carbocycles. The lowest BCUT2D eigenvalue weighted by Gasteiger charge is -2.25. The maximum Gasteiger partial charge on any atom is 0.269 e. The van der Waals surface area contributed by atoms with Gasteiger partial charge in [-0.15, -0.1) is 0 Å². The number of nitrogens with one attached hydrogen (secondary N) is 1. The molecule has 0 fully saturated rings. The number of nitrogens with zero attached hydrogens (tertiary/aromatic N) is 2. The van der Waals surface area contributed by atoms with Crippen LogP contribution in [0.25, 0.3) is 0 Å². The highest BCUT2D eigenvalue weighted by Gasteiger charge is 2.42. The molecule has 0 radical (unpaired) electrons. The summed E-state index contributed by atoms with van der Waals surface area (Å²) >= 11 is 0. The highest BCUT2D eigenvalue weighted by molar-refractivity contribution is 6.23. The summed E-state index contributed by atoms with van der Waals surface area (Å²) in [6.07, 6.45) is 0.130. The molecule has 0 saturated heterocycles. The third-order valence-corrected chi connectivity index (χ3v) is 5.34. The molecule has 1 aliphatic rings. The minimum atomic E-state index is -1.10. The number of hydrogen-bond acceptors (Lipinski definition) is 5. The molecule has 0 aliphatic carbocycles. The van der Waals surface area contributed by atoms with Crippen molar-refractivity contribution >= 4 is 29.1 Å². The number of nitro benzene ring substituents is 1. The van der Waals surface area contributed by atoms with Crippen LogP contribution in [0.3, 0.4) is 0 Å². The summed E-state index contributed by atoms with van der Waals surface area (Å²) in [6, 6.07) is 18.2. The van der Waals surface area contributed by atoms with E-state index in [9.17, 15) is 24.5 Å². The summed E-state index contributed by atoms with van der Waals surface area (Å²) in [6.45, 7) is 1.94. The zero-order valence-corrected chi connectivity index (χ0v) is 17.1. The average molecular weight is 429 g/mol. The summed E-state index contributed by atoms with van der Waals surface area (Å²) in [4.78, 5) is 50.6. The van der Waals surface area contributed by atoms with Gasteiger partial charge in [-0.2, -0.15) is 0 Å². The molecule has 4 rings (SSSR count). The van der Waals surface area contributed by atoms with E-state index < -0.39 is 28.7 Å². The number of imide groups is 1. The molecule has 1 unspecified atom stereocenters. The van der Waals surface area contributed by atoms with Crippen molar-refractivity contribution in [2.24, 2.45) is 0 Å². The van der Waals surface area contributed by atoms with E-state index in [4.69, 9.17) is 0 Å². The van der Waals surface area contributed by atoms with E-state index in [0.717, 1.165) is 16.0 Å². The van der Waals surface area contributed by atoms with Gasteiger partial charge in [0, 0.05) is 24.2 Å². The first-order valence-electron chi connectivity index (χ1n) is 9.93. The van der Waals surface area contributed by atoms with Gasteiger partial charge in [0.25, 0.3) is 17.5 Å². The number of hydrogen-bond donors (Lipinski definition) is 1. The zero-order chi connectivity index (χ0) is 22.8. The van der Waals surface area contributed by atoms with Crippen molar-refractivity contribution in [3.05, 3.63) is 105 Å². The number of aryl methyl sites for hydroxylation is 1. The molecule has 160 valence electrons. The highest BCUT2D eigenvalue weighted by Crippen LogP contribution is 2.27. The van der Waals surface area contributed by atoms with Crippen molar-refractivity contribution < 1.29 is 19.3 Å². The van der Waals surface area contributed by atoms with Crippen molar-refractivity contribution in [1.29, 1.82) is 0 Å². The van der Waals surface area contributed by atoms with Gasteiger partial charge in [0.15, 0.2) is 0 Å². The average Bonchev–Trinajstić information content (AvgIpc) is 3.04. The quantitative estimate of drug-likeness (QED) is 0.365. The predicted octanol–water partition coefficient (Wildman–Crippen LogP) is 3.75. The number of anilines is 1. The van der Waals surface area contributed by atoms with Crippen LogP contribution in [-0.4, -0.2) is 33.6 Å². The van der Waals surface area contributed by atoms with Crippen LogP contribution in [0.5, 0.6) is 0 Å². The van der Waals surface area contributed by atoms with Gasteiger partial charge in [0.2, 0.25) is 5.91 Å². The van der Waals surface area contributed by atoms with Crippen molar-refractivity contribution in [3.8, 4) is 0 Å². The fraction of sp³-hybridized carbons (Fsp3) is 0.125. The molecule has 1 atom stereocenters. The Morgan fingerprint density at radius 2 is 1.50 bits per heavy atom. The van der Waals surface area contributed by atoms with Gasteiger partial charge in [0.1, 0.15) is 6.04 Å². The second-order valence-corrected chi connectivity index (χ2v) is 7.52. The first kappa shape index (κ1) is 20.9. The van der Waals surface area contributed by atoms with E-state index in [1.807, 2.05) is 31.2 Å². The third kappa shape index (κ3) is 3.98. The minimum absolute atomic E-state index is 0.112. The van der Waals surface area contributed by atoms with E-state index in [1.165, 1.54) is 24.3 Å². The fourth-order valence-electron chi connectivity index (χ4n) is 3.63. The van der Waals surface area contributed by atoms with Crippen LogP contribution in [-0.2, 0) is 11.2 Å². The smallest absolute Gasteiger partial charge is 0.269 e. The van der Waals surface area contributed by atoms with Crippen molar-refractivity contribution in [3.63, 3.8) is 0 Å². The molecule has 1 N–H and O–H groups in total. The van der Waals surface area contributed by atoms with Crippen LogP contribution < -0.4 is 5.32 Å². The maximum atomic E-state index is 13.2. The molecule has 8 nitrogen and oxygen atoms in total. The number of carbonyl (C=O) groups excluding carboxylic acids is 3. The summed E-state index contributed by atoms with van der Waals surface area (Å²) in [5.74, 6) is -1.61. The number of fused-ring (bicyclic) bond motifs is 1. The van der Waals surface area contributed by atoms with Gasteiger partial charge in [-0.05, 0) is 36.8 Å². The van der Waals surface area contributed by atoms with Crippen LogP contribution >= 0.6 is 0 Å². The summed E-state index contributed by atoms with van der Waals surface area (Å²) in [5, 5.41) is 13.5. The molecule has 0 saturated carbocycles. The van der Waals surface area contributed by atoms with Crippen LogP contribution in [0.4, 0.5) is 11.4 Å². The lowest BCUT2D eigenvalue weighted by Crippen LogP contribution is -2.48. The van der Waals surface area contributed by atoms with Crippen molar-refractivity contribution in [2.45, 2.75) is 19.4 Å². The second-order valence-electron chi connectivity index (χ2n) is 7.52. The van der Waals surface area contributed by atoms with Crippen molar-refractivity contribution in [2.75, 3.05) is 5.32 Å². The Hall–Kier alpha value is -4.33. The highest BCUT2D eigenvalue weighted by atomic mass is 16.6. The van der Waals surface area contributed by atoms with E-state index in [0.29, 0.717) is 5.69 Å².